The van der Waals surface area contributed by atoms with Crippen molar-refractivity contribution in [2.24, 2.45) is 5.73 Å². The van der Waals surface area contributed by atoms with Gasteiger partial charge in [0.05, 0.1) is 0 Å². The zero-order chi connectivity index (χ0) is 14.5. The maximum atomic E-state index is 11.8. The Balaban J connectivity index is 1.96. The van der Waals surface area contributed by atoms with E-state index in [9.17, 15) is 9.59 Å². The minimum absolute atomic E-state index is 0.0359. The number of nitrogens with one attached hydrogen (secondary N) is 1. The average molecular weight is 276 g/mol. The van der Waals surface area contributed by atoms with Crippen LogP contribution in [-0.4, -0.2) is 23.5 Å². The molecule has 5 nitrogen and oxygen atoms in total. The Morgan fingerprint density at radius 1 is 1.40 bits per heavy atom. The molecule has 1 unspecified atom stereocenters. The Bertz CT molecular complexity index is 514. The molecule has 0 aliphatic carbocycles. The van der Waals surface area contributed by atoms with E-state index in [1.165, 1.54) is 0 Å². The fourth-order valence-corrected chi connectivity index (χ4v) is 2.47. The van der Waals surface area contributed by atoms with E-state index >= 15 is 0 Å². The third-order valence-corrected chi connectivity index (χ3v) is 3.64. The summed E-state index contributed by atoms with van der Waals surface area (Å²) in [6.45, 7) is 0.687. The molecule has 108 valence electrons. The van der Waals surface area contributed by atoms with E-state index in [0.29, 0.717) is 13.0 Å². The van der Waals surface area contributed by atoms with Crippen LogP contribution in [0, 0.1) is 0 Å². The molecule has 0 saturated heterocycles. The molecule has 4 N–H and O–H groups in total. The SMILES string of the molecule is NC(CCCCC(=O)O)c1ccc2c(c1)C(=O)NCC2. The summed E-state index contributed by atoms with van der Waals surface area (Å²) in [6, 6.07) is 5.66. The maximum absolute atomic E-state index is 11.8. The normalized spacial score (nSPS) is 15.3. The highest BCUT2D eigenvalue weighted by Gasteiger charge is 2.18. The maximum Gasteiger partial charge on any atom is 0.303 e. The van der Waals surface area contributed by atoms with Gasteiger partial charge in [-0.3, -0.25) is 9.59 Å². The first kappa shape index (κ1) is 14.5. The summed E-state index contributed by atoms with van der Waals surface area (Å²) in [7, 11) is 0. The number of fused-ring (bicyclic) bond motifs is 1. The van der Waals surface area contributed by atoms with Crippen LogP contribution in [0.25, 0.3) is 0 Å². The second-order valence-electron chi connectivity index (χ2n) is 5.17. The molecule has 1 aromatic carbocycles. The number of aliphatic carboxylic acids is 1. The summed E-state index contributed by atoms with van der Waals surface area (Å²) in [6.07, 6.45) is 3.17. The van der Waals surface area contributed by atoms with Crippen LogP contribution in [0.1, 0.15) is 53.2 Å². The quantitative estimate of drug-likeness (QED) is 0.688. The molecule has 1 aliphatic rings. The molecule has 0 bridgehead atoms. The van der Waals surface area contributed by atoms with E-state index < -0.39 is 5.97 Å². The fourth-order valence-electron chi connectivity index (χ4n) is 2.47. The smallest absolute Gasteiger partial charge is 0.303 e. The molecule has 1 aliphatic heterocycles. The predicted octanol–water partition coefficient (Wildman–Crippen LogP) is 1.62. The molecule has 5 heteroatoms. The highest BCUT2D eigenvalue weighted by atomic mass is 16.4. The second kappa shape index (κ2) is 6.52. The minimum Gasteiger partial charge on any atom is -0.481 e. The molecular weight excluding hydrogens is 256 g/mol. The molecular formula is C15H20N2O3. The van der Waals surface area contributed by atoms with E-state index in [2.05, 4.69) is 5.32 Å². The summed E-state index contributed by atoms with van der Waals surface area (Å²) >= 11 is 0. The van der Waals surface area contributed by atoms with E-state index in [1.54, 1.807) is 0 Å². The third kappa shape index (κ3) is 3.57. The Hall–Kier alpha value is -1.88. The Kier molecular flexibility index (Phi) is 4.74. The van der Waals surface area contributed by atoms with Crippen molar-refractivity contribution in [3.8, 4) is 0 Å². The van der Waals surface area contributed by atoms with Crippen LogP contribution in [0.2, 0.25) is 0 Å². The lowest BCUT2D eigenvalue weighted by molar-refractivity contribution is -0.137. The number of carbonyl (C=O) groups is 2. The summed E-state index contributed by atoms with van der Waals surface area (Å²) < 4.78 is 0. The van der Waals surface area contributed by atoms with Crippen LogP contribution in [0.15, 0.2) is 18.2 Å². The van der Waals surface area contributed by atoms with Crippen molar-refractivity contribution < 1.29 is 14.7 Å². The highest BCUT2D eigenvalue weighted by molar-refractivity contribution is 5.96. The summed E-state index contributed by atoms with van der Waals surface area (Å²) in [5.74, 6) is -0.810. The predicted molar refractivity (Wildman–Crippen MR) is 75.5 cm³/mol. The molecule has 0 fully saturated rings. The zero-order valence-corrected chi connectivity index (χ0v) is 11.4. The van der Waals surface area contributed by atoms with Crippen LogP contribution in [-0.2, 0) is 11.2 Å². The zero-order valence-electron chi connectivity index (χ0n) is 11.4. The van der Waals surface area contributed by atoms with Crippen LogP contribution in [0.4, 0.5) is 0 Å². The van der Waals surface area contributed by atoms with Gasteiger partial charge in [0, 0.05) is 24.6 Å². The molecule has 1 atom stereocenters. The number of carbonyl (C=O) groups excluding carboxylic acids is 1. The van der Waals surface area contributed by atoms with Gasteiger partial charge in [0.15, 0.2) is 0 Å². The van der Waals surface area contributed by atoms with Gasteiger partial charge in [-0.05, 0) is 36.5 Å². The van der Waals surface area contributed by atoms with Crippen LogP contribution in [0.3, 0.4) is 0 Å². The molecule has 0 radical (unpaired) electrons. The standard InChI is InChI=1S/C15H20N2O3/c16-13(3-1-2-4-14(18)19)11-6-5-10-7-8-17-15(20)12(10)9-11/h5-6,9,13H,1-4,7-8,16H2,(H,17,20)(H,18,19). The van der Waals surface area contributed by atoms with Crippen molar-refractivity contribution in [3.63, 3.8) is 0 Å². The van der Waals surface area contributed by atoms with Crippen molar-refractivity contribution in [1.82, 2.24) is 5.32 Å². The minimum atomic E-state index is -0.774. The summed E-state index contributed by atoms with van der Waals surface area (Å²) in [5, 5.41) is 11.4. The second-order valence-corrected chi connectivity index (χ2v) is 5.17. The molecule has 1 amide bonds. The van der Waals surface area contributed by atoms with Crippen molar-refractivity contribution in [1.29, 1.82) is 0 Å². The Labute approximate surface area is 118 Å². The number of benzene rings is 1. The molecule has 0 spiro atoms. The van der Waals surface area contributed by atoms with Gasteiger partial charge in [0.25, 0.3) is 5.91 Å². The fraction of sp³-hybridized carbons (Fsp3) is 0.467. The molecule has 0 saturated carbocycles. The monoisotopic (exact) mass is 276 g/mol. The first-order valence-electron chi connectivity index (χ1n) is 6.96. The number of carboxylic acid groups (broad SMARTS) is 1. The van der Waals surface area contributed by atoms with Gasteiger partial charge in [-0.25, -0.2) is 0 Å². The summed E-state index contributed by atoms with van der Waals surface area (Å²) in [4.78, 5) is 22.2. The van der Waals surface area contributed by atoms with Gasteiger partial charge in [-0.2, -0.15) is 0 Å². The van der Waals surface area contributed by atoms with Crippen LogP contribution >= 0.6 is 0 Å². The molecule has 0 aromatic heterocycles. The van der Waals surface area contributed by atoms with Crippen LogP contribution in [0.5, 0.6) is 0 Å². The van der Waals surface area contributed by atoms with E-state index in [4.69, 9.17) is 10.8 Å². The molecule has 20 heavy (non-hydrogen) atoms. The van der Waals surface area contributed by atoms with Crippen molar-refractivity contribution in [2.45, 2.75) is 38.1 Å². The van der Waals surface area contributed by atoms with Gasteiger partial charge in [0.2, 0.25) is 0 Å². The molecule has 2 rings (SSSR count). The Morgan fingerprint density at radius 3 is 2.95 bits per heavy atom. The number of carboxylic acids is 1. The lowest BCUT2D eigenvalue weighted by Gasteiger charge is -2.19. The van der Waals surface area contributed by atoms with Gasteiger partial charge in [0.1, 0.15) is 0 Å². The van der Waals surface area contributed by atoms with Gasteiger partial charge >= 0.3 is 5.97 Å². The van der Waals surface area contributed by atoms with Crippen LogP contribution < -0.4 is 11.1 Å². The van der Waals surface area contributed by atoms with E-state index in [1.807, 2.05) is 18.2 Å². The highest BCUT2D eigenvalue weighted by Crippen LogP contribution is 2.22. The third-order valence-electron chi connectivity index (χ3n) is 3.64. The van der Waals surface area contributed by atoms with Gasteiger partial charge in [-0.1, -0.05) is 18.6 Å². The van der Waals surface area contributed by atoms with Gasteiger partial charge in [-0.15, -0.1) is 0 Å². The van der Waals surface area contributed by atoms with Crippen molar-refractivity contribution in [3.05, 3.63) is 34.9 Å². The number of nitrogens with two attached hydrogens (primary N) is 1. The van der Waals surface area contributed by atoms with Crippen molar-refractivity contribution in [2.75, 3.05) is 6.54 Å². The number of hydrogen-bond acceptors (Lipinski definition) is 3. The van der Waals surface area contributed by atoms with Crippen molar-refractivity contribution >= 4 is 11.9 Å². The number of rotatable bonds is 6. The lowest BCUT2D eigenvalue weighted by Crippen LogP contribution is -2.32. The first-order chi connectivity index (χ1) is 9.58. The largest absolute Gasteiger partial charge is 0.481 e. The first-order valence-corrected chi connectivity index (χ1v) is 6.96. The van der Waals surface area contributed by atoms with Gasteiger partial charge < -0.3 is 16.2 Å². The lowest BCUT2D eigenvalue weighted by atomic mass is 9.93. The topological polar surface area (TPSA) is 92.4 Å². The number of amides is 1. The van der Waals surface area contributed by atoms with E-state index in [0.717, 1.165) is 36.0 Å². The molecule has 1 heterocycles. The average Bonchev–Trinajstić information content (AvgIpc) is 2.43. The Morgan fingerprint density at radius 2 is 2.20 bits per heavy atom. The molecule has 1 aromatic rings. The summed E-state index contributed by atoms with van der Waals surface area (Å²) in [5.41, 5.74) is 8.83. The van der Waals surface area contributed by atoms with E-state index in [-0.39, 0.29) is 18.4 Å². The number of hydrogen-bond donors (Lipinski definition) is 3. The number of unbranched alkanes of at least 4 members (excludes halogenated alkanes) is 1.